The maximum atomic E-state index is 10.7. The van der Waals surface area contributed by atoms with E-state index in [-0.39, 0.29) is 18.1 Å². The van der Waals surface area contributed by atoms with E-state index in [0.29, 0.717) is 16.3 Å². The molecular weight excluding hydrogens is 418 g/mol. The number of nitrogens with zero attached hydrogens (tertiary/aromatic N) is 2. The van der Waals surface area contributed by atoms with Crippen LogP contribution in [0.25, 0.3) is 16.8 Å². The van der Waals surface area contributed by atoms with Crippen LogP contribution in [0.2, 0.25) is 0 Å². The van der Waals surface area contributed by atoms with Gasteiger partial charge in [-0.15, -0.1) is 11.3 Å². The van der Waals surface area contributed by atoms with Crippen molar-refractivity contribution >= 4 is 28.4 Å². The summed E-state index contributed by atoms with van der Waals surface area (Å²) in [6, 6.07) is 27.1. The van der Waals surface area contributed by atoms with Crippen molar-refractivity contribution in [3.05, 3.63) is 101 Å². The Kier molecular flexibility index (Phi) is 5.21. The number of ether oxygens (including phenoxy) is 1. The van der Waals surface area contributed by atoms with E-state index in [1.54, 1.807) is 4.90 Å². The molecule has 0 unspecified atom stereocenters. The van der Waals surface area contributed by atoms with Crippen LogP contribution in [-0.4, -0.2) is 22.5 Å². The smallest absolute Gasteiger partial charge is 0.139 e. The minimum absolute atomic E-state index is 0.160. The lowest BCUT2D eigenvalue weighted by molar-refractivity contribution is 0.411. The minimum atomic E-state index is 0.160. The number of aliphatic hydroxyl groups excluding tert-OH is 1. The number of aliphatic hydroxyl groups is 1. The minimum Gasteiger partial charge on any atom is -0.510 e. The van der Waals surface area contributed by atoms with E-state index >= 15 is 0 Å². The highest BCUT2D eigenvalue weighted by Gasteiger charge is 2.31. The maximum absolute atomic E-state index is 10.7. The molecule has 0 spiro atoms. The molecule has 2 heterocycles. The van der Waals surface area contributed by atoms with E-state index in [1.165, 1.54) is 11.3 Å². The Morgan fingerprint density at radius 1 is 0.906 bits per heavy atom. The first-order valence-corrected chi connectivity index (χ1v) is 11.1. The van der Waals surface area contributed by atoms with Crippen LogP contribution in [0.4, 0.5) is 5.69 Å². The number of anilines is 1. The molecule has 0 bridgehead atoms. The van der Waals surface area contributed by atoms with Crippen molar-refractivity contribution in [1.82, 2.24) is 4.98 Å². The Bertz CT molecular complexity index is 1300. The molecule has 0 saturated heterocycles. The Labute approximate surface area is 190 Å². The van der Waals surface area contributed by atoms with E-state index in [0.717, 1.165) is 27.6 Å². The van der Waals surface area contributed by atoms with Gasteiger partial charge in [0.1, 0.15) is 28.1 Å². The largest absolute Gasteiger partial charge is 0.510 e. The van der Waals surface area contributed by atoms with E-state index in [2.05, 4.69) is 0 Å². The Morgan fingerprint density at radius 2 is 1.53 bits per heavy atom. The molecule has 1 aliphatic rings. The number of aryl methyl sites for hydroxylation is 1. The summed E-state index contributed by atoms with van der Waals surface area (Å²) < 4.78 is 5.85. The monoisotopic (exact) mass is 439 g/mol. The summed E-state index contributed by atoms with van der Waals surface area (Å²) >= 11 is 1.50. The van der Waals surface area contributed by atoms with Gasteiger partial charge in [-0.3, -0.25) is 5.41 Å². The summed E-state index contributed by atoms with van der Waals surface area (Å²) in [4.78, 5) is 7.59. The highest BCUT2D eigenvalue weighted by Crippen LogP contribution is 2.37. The number of nitrogens with one attached hydrogen (secondary N) is 1. The van der Waals surface area contributed by atoms with Crippen molar-refractivity contribution in [1.29, 1.82) is 5.41 Å². The summed E-state index contributed by atoms with van der Waals surface area (Å²) in [6.45, 7) is 2.26. The van der Waals surface area contributed by atoms with Crippen molar-refractivity contribution in [2.75, 3.05) is 11.4 Å². The molecule has 0 saturated carbocycles. The van der Waals surface area contributed by atoms with Gasteiger partial charge in [0, 0.05) is 16.1 Å². The van der Waals surface area contributed by atoms with Gasteiger partial charge in [-0.05, 0) is 43.3 Å². The molecule has 1 aliphatic heterocycles. The van der Waals surface area contributed by atoms with E-state index in [1.807, 2.05) is 91.9 Å². The van der Waals surface area contributed by atoms with E-state index in [4.69, 9.17) is 15.1 Å². The number of para-hydroxylation sites is 1. The third-order valence-corrected chi connectivity index (χ3v) is 6.28. The van der Waals surface area contributed by atoms with Gasteiger partial charge >= 0.3 is 0 Å². The molecule has 0 radical (unpaired) electrons. The molecule has 32 heavy (non-hydrogen) atoms. The fourth-order valence-electron chi connectivity index (χ4n) is 3.71. The molecule has 0 amide bonds. The van der Waals surface area contributed by atoms with Crippen molar-refractivity contribution in [2.24, 2.45) is 0 Å². The van der Waals surface area contributed by atoms with Gasteiger partial charge in [-0.25, -0.2) is 4.98 Å². The first-order chi connectivity index (χ1) is 15.6. The third kappa shape index (κ3) is 3.76. The lowest BCUT2D eigenvalue weighted by Gasteiger charge is -2.19. The second-order valence-corrected chi connectivity index (χ2v) is 8.66. The van der Waals surface area contributed by atoms with Gasteiger partial charge in [0.05, 0.1) is 17.8 Å². The quantitative estimate of drug-likeness (QED) is 0.364. The van der Waals surface area contributed by atoms with Gasteiger partial charge in [0.15, 0.2) is 0 Å². The Balaban J connectivity index is 1.37. The van der Waals surface area contributed by atoms with Gasteiger partial charge in [-0.2, -0.15) is 0 Å². The fourth-order valence-corrected chi connectivity index (χ4v) is 4.71. The van der Waals surface area contributed by atoms with Crippen molar-refractivity contribution in [3.8, 4) is 22.8 Å². The molecule has 5 nitrogen and oxygen atoms in total. The number of thiazole rings is 1. The van der Waals surface area contributed by atoms with Crippen LogP contribution in [0.5, 0.6) is 11.5 Å². The van der Waals surface area contributed by atoms with Crippen molar-refractivity contribution in [2.45, 2.75) is 6.92 Å². The third-order valence-electron chi connectivity index (χ3n) is 5.29. The molecule has 5 rings (SSSR count). The highest BCUT2D eigenvalue weighted by atomic mass is 32.1. The average Bonchev–Trinajstić information content (AvgIpc) is 3.34. The zero-order valence-electron chi connectivity index (χ0n) is 17.4. The average molecular weight is 440 g/mol. The van der Waals surface area contributed by atoms with Crippen LogP contribution in [-0.2, 0) is 0 Å². The summed E-state index contributed by atoms with van der Waals surface area (Å²) in [5.41, 5.74) is 3.22. The second-order valence-electron chi connectivity index (χ2n) is 7.46. The summed E-state index contributed by atoms with van der Waals surface area (Å²) in [5, 5.41) is 20.1. The van der Waals surface area contributed by atoms with Gasteiger partial charge in [0.2, 0.25) is 0 Å². The van der Waals surface area contributed by atoms with Crippen molar-refractivity contribution in [3.63, 3.8) is 0 Å². The molecule has 3 aromatic carbocycles. The number of rotatable bonds is 5. The Hall–Kier alpha value is -3.90. The number of benzene rings is 3. The van der Waals surface area contributed by atoms with Gasteiger partial charge < -0.3 is 14.7 Å². The standard InChI is InChI=1S/C26H21N3O2S/c1-17-24(18-8-4-2-5-9-18)28-26(32-17)23-22(30)16-29(25(23)27)19-12-14-21(15-13-19)31-20-10-6-3-7-11-20/h2-15,27,30H,16H2,1H3. The van der Waals surface area contributed by atoms with Crippen LogP contribution in [0.3, 0.4) is 0 Å². The van der Waals surface area contributed by atoms with Crippen molar-refractivity contribution < 1.29 is 9.84 Å². The van der Waals surface area contributed by atoms with Crippen LogP contribution in [0, 0.1) is 12.3 Å². The van der Waals surface area contributed by atoms with Gasteiger partial charge in [0.25, 0.3) is 0 Å². The van der Waals surface area contributed by atoms with Crippen LogP contribution >= 0.6 is 11.3 Å². The molecule has 0 atom stereocenters. The molecule has 2 N–H and O–H groups in total. The van der Waals surface area contributed by atoms with E-state index < -0.39 is 0 Å². The predicted molar refractivity (Wildman–Crippen MR) is 130 cm³/mol. The van der Waals surface area contributed by atoms with Crippen LogP contribution in [0.1, 0.15) is 9.88 Å². The van der Waals surface area contributed by atoms with Crippen LogP contribution in [0.15, 0.2) is 90.7 Å². The number of hydrogen-bond donors (Lipinski definition) is 2. The lowest BCUT2D eigenvalue weighted by atomic mass is 10.1. The lowest BCUT2D eigenvalue weighted by Crippen LogP contribution is -2.25. The topological polar surface area (TPSA) is 69.4 Å². The molecular formula is C26H21N3O2S. The predicted octanol–water partition coefficient (Wildman–Crippen LogP) is 6.68. The van der Waals surface area contributed by atoms with Gasteiger partial charge in [-0.1, -0.05) is 48.5 Å². The maximum Gasteiger partial charge on any atom is 0.139 e. The molecule has 158 valence electrons. The summed E-state index contributed by atoms with van der Waals surface area (Å²) in [6.07, 6.45) is 0. The summed E-state index contributed by atoms with van der Waals surface area (Å²) in [7, 11) is 0. The zero-order chi connectivity index (χ0) is 22.1. The number of amidine groups is 1. The highest BCUT2D eigenvalue weighted by molar-refractivity contribution is 7.13. The van der Waals surface area contributed by atoms with Crippen LogP contribution < -0.4 is 9.64 Å². The SMILES string of the molecule is Cc1sc(C2=C(O)CN(c3ccc(Oc4ccccc4)cc3)C2=N)nc1-c1ccccc1. The molecule has 1 aromatic heterocycles. The normalized spacial score (nSPS) is 13.7. The molecule has 4 aromatic rings. The molecule has 0 fully saturated rings. The number of aromatic nitrogens is 1. The second kappa shape index (κ2) is 8.32. The molecule has 0 aliphatic carbocycles. The zero-order valence-corrected chi connectivity index (χ0v) is 18.3. The number of hydrogen-bond acceptors (Lipinski definition) is 5. The molecule has 6 heteroatoms. The Morgan fingerprint density at radius 3 is 2.22 bits per heavy atom. The van der Waals surface area contributed by atoms with E-state index in [9.17, 15) is 5.11 Å². The first kappa shape index (κ1) is 20.0. The fraction of sp³-hybridized carbons (Fsp3) is 0.0769. The first-order valence-electron chi connectivity index (χ1n) is 10.2. The summed E-state index contributed by atoms with van der Waals surface area (Å²) in [5.74, 6) is 1.89.